The Morgan fingerprint density at radius 2 is 1.52 bits per heavy atom. The van der Waals surface area contributed by atoms with Gasteiger partial charge >= 0.3 is 0 Å². The van der Waals surface area contributed by atoms with E-state index in [4.69, 9.17) is 14.2 Å². The zero-order chi connectivity index (χ0) is 42.3. The number of hydrogen-bond acceptors (Lipinski definition) is 10. The van der Waals surface area contributed by atoms with Crippen LogP contribution in [0.5, 0.6) is 11.5 Å². The van der Waals surface area contributed by atoms with Gasteiger partial charge in [-0.25, -0.2) is 0 Å². The Labute approximate surface area is 348 Å². The van der Waals surface area contributed by atoms with E-state index in [1.165, 1.54) is 23.4 Å². The van der Waals surface area contributed by atoms with Crippen LogP contribution in [0.25, 0.3) is 11.4 Å². The van der Waals surface area contributed by atoms with Crippen molar-refractivity contribution in [2.24, 2.45) is 5.92 Å². The molecule has 310 valence electrons. The Hall–Kier alpha value is -6.13. The van der Waals surface area contributed by atoms with Crippen LogP contribution >= 0.6 is 0 Å². The number of pyridine rings is 2. The first kappa shape index (κ1) is 40.6. The molecule has 3 aromatic carbocycles. The van der Waals surface area contributed by atoms with Crippen LogP contribution in [-0.4, -0.2) is 75.2 Å². The second-order valence-corrected chi connectivity index (χ2v) is 19.9. The fourth-order valence-corrected chi connectivity index (χ4v) is 11.8. The predicted molar refractivity (Wildman–Crippen MR) is 228 cm³/mol. The first-order valence-electron chi connectivity index (χ1n) is 19.9. The SMILES string of the molecule is COc1cccn(-c2cccc(CN3C(=O)[C@]4(O[C@H](CCn5cc(C(CO)c6ccccc6)nn5)[C@@H]([Si](C)(C)O)[C@@H]4C)c4cc(-n5cccc(OC)c5=O)ccc43)c2)c1=O. The number of anilines is 1. The standard InChI is InChI=1S/C45H48N6O8Si/c1-29-41(60(4,5)56)38(20-23-48-27-36(46-47-48)34(28-52)31-13-7-6-8-14-31)59-45(29)35-25-33(50-22-11-17-40(58-3)43(50)54)18-19-37(35)51(44(45)55)26-30-12-9-15-32(24-30)49-21-10-16-39(57-2)42(49)53/h6-19,21-22,24-25,27,29,34,38,41,52,56H,20,23,26,28H2,1-5H3/t29-,34?,38+,41-,45+/m0/s1. The van der Waals surface area contributed by atoms with Crippen molar-refractivity contribution in [3.63, 3.8) is 0 Å². The summed E-state index contributed by atoms with van der Waals surface area (Å²) in [5.41, 5.74) is 2.09. The molecule has 15 heteroatoms. The molecule has 2 aliphatic rings. The first-order chi connectivity index (χ1) is 28.9. The number of fused-ring (bicyclic) bond motifs is 2. The van der Waals surface area contributed by atoms with Gasteiger partial charge in [0.25, 0.3) is 17.0 Å². The van der Waals surface area contributed by atoms with Crippen molar-refractivity contribution in [3.8, 4) is 22.9 Å². The van der Waals surface area contributed by atoms with Crippen LogP contribution in [-0.2, 0) is 28.2 Å². The van der Waals surface area contributed by atoms with Gasteiger partial charge in [0.2, 0.25) is 0 Å². The number of nitrogens with zero attached hydrogens (tertiary/aromatic N) is 6. The van der Waals surface area contributed by atoms with Gasteiger partial charge in [0, 0.05) is 53.5 Å². The summed E-state index contributed by atoms with van der Waals surface area (Å²) in [7, 11) is -0.144. The zero-order valence-corrected chi connectivity index (χ0v) is 35.1. The minimum absolute atomic E-state index is 0.132. The molecule has 5 atom stereocenters. The number of hydrogen-bond donors (Lipinski definition) is 2. The topological polar surface area (TPSA) is 163 Å². The third kappa shape index (κ3) is 7.06. The predicted octanol–water partition coefficient (Wildman–Crippen LogP) is 5.16. The van der Waals surface area contributed by atoms with Gasteiger partial charge in [-0.3, -0.25) is 28.2 Å². The van der Waals surface area contributed by atoms with Crippen molar-refractivity contribution in [1.82, 2.24) is 24.1 Å². The Balaban J connectivity index is 1.18. The molecule has 0 saturated carbocycles. The number of aliphatic hydroxyl groups is 1. The lowest BCUT2D eigenvalue weighted by Gasteiger charge is -2.32. The molecule has 6 aromatic rings. The van der Waals surface area contributed by atoms with Gasteiger partial charge in [0.15, 0.2) is 25.4 Å². The van der Waals surface area contributed by atoms with Crippen molar-refractivity contribution in [1.29, 1.82) is 0 Å². The van der Waals surface area contributed by atoms with Crippen LogP contribution in [0.4, 0.5) is 5.69 Å². The molecule has 1 amide bonds. The maximum absolute atomic E-state index is 15.4. The molecule has 14 nitrogen and oxygen atoms in total. The van der Waals surface area contributed by atoms with Gasteiger partial charge in [-0.15, -0.1) is 5.10 Å². The fraction of sp³-hybridized carbons (Fsp3) is 0.311. The molecule has 60 heavy (non-hydrogen) atoms. The minimum atomic E-state index is -3.04. The fourth-order valence-electron chi connectivity index (χ4n) is 9.19. The van der Waals surface area contributed by atoms with Crippen LogP contribution in [0.3, 0.4) is 0 Å². The maximum atomic E-state index is 15.4. The quantitative estimate of drug-likeness (QED) is 0.149. The van der Waals surface area contributed by atoms with Crippen LogP contribution in [0.15, 0.2) is 125 Å². The van der Waals surface area contributed by atoms with E-state index < -0.39 is 25.9 Å². The number of methoxy groups -OCH3 is 2. The molecular formula is C45H48N6O8Si. The van der Waals surface area contributed by atoms with Crippen molar-refractivity contribution in [2.45, 2.75) is 62.7 Å². The van der Waals surface area contributed by atoms with Crippen molar-refractivity contribution in [2.75, 3.05) is 25.7 Å². The number of ether oxygens (including phenoxy) is 3. The van der Waals surface area contributed by atoms with Crippen LogP contribution in [0.1, 0.15) is 41.6 Å². The molecule has 1 unspecified atom stereocenters. The van der Waals surface area contributed by atoms with Gasteiger partial charge in [-0.2, -0.15) is 0 Å². The van der Waals surface area contributed by atoms with Crippen LogP contribution < -0.4 is 25.5 Å². The number of amides is 1. The monoisotopic (exact) mass is 828 g/mol. The smallest absolute Gasteiger partial charge is 0.297 e. The second kappa shape index (κ2) is 16.1. The van der Waals surface area contributed by atoms with Gasteiger partial charge in [-0.1, -0.05) is 54.6 Å². The summed E-state index contributed by atoms with van der Waals surface area (Å²) in [5, 5.41) is 19.1. The molecule has 0 bridgehead atoms. The molecule has 1 fully saturated rings. The molecule has 2 N–H and O–H groups in total. The molecule has 2 aliphatic heterocycles. The average molecular weight is 829 g/mol. The van der Waals surface area contributed by atoms with E-state index >= 15 is 4.79 Å². The van der Waals surface area contributed by atoms with E-state index in [9.17, 15) is 19.5 Å². The number of aliphatic hydroxyl groups excluding tert-OH is 1. The Morgan fingerprint density at radius 3 is 2.15 bits per heavy atom. The highest BCUT2D eigenvalue weighted by molar-refractivity contribution is 6.71. The number of aromatic nitrogens is 5. The van der Waals surface area contributed by atoms with Crippen molar-refractivity contribution < 1.29 is 28.9 Å². The number of benzene rings is 3. The Bertz CT molecular complexity index is 2660. The number of carbonyl (C=O) groups is 1. The van der Waals surface area contributed by atoms with Crippen LogP contribution in [0, 0.1) is 5.92 Å². The molecule has 8 rings (SSSR count). The highest BCUT2D eigenvalue weighted by Crippen LogP contribution is 2.60. The second-order valence-electron chi connectivity index (χ2n) is 16.0. The summed E-state index contributed by atoms with van der Waals surface area (Å²) in [4.78, 5) is 55.7. The highest BCUT2D eigenvalue weighted by Gasteiger charge is 2.66. The van der Waals surface area contributed by atoms with E-state index in [1.807, 2.05) is 92.9 Å². The normalized spacial score (nSPS) is 20.4. The summed E-state index contributed by atoms with van der Waals surface area (Å²) >= 11 is 0. The number of carbonyl (C=O) groups excluding carboxylic acids is 1. The van der Waals surface area contributed by atoms with E-state index in [0.29, 0.717) is 41.3 Å². The Morgan fingerprint density at radius 1 is 0.850 bits per heavy atom. The Kier molecular flexibility index (Phi) is 10.9. The van der Waals surface area contributed by atoms with E-state index in [2.05, 4.69) is 10.3 Å². The van der Waals surface area contributed by atoms with Gasteiger partial charge in [-0.05, 0) is 85.2 Å². The third-order valence-corrected chi connectivity index (χ3v) is 14.5. The lowest BCUT2D eigenvalue weighted by molar-refractivity contribution is -0.146. The molecular weight excluding hydrogens is 781 g/mol. The van der Waals surface area contributed by atoms with Crippen molar-refractivity contribution in [3.05, 3.63) is 159 Å². The first-order valence-corrected chi connectivity index (χ1v) is 23.0. The highest BCUT2D eigenvalue weighted by atomic mass is 28.4. The summed E-state index contributed by atoms with van der Waals surface area (Å²) in [6, 6.07) is 29.2. The average Bonchev–Trinajstić information content (AvgIpc) is 3.90. The van der Waals surface area contributed by atoms with Crippen LogP contribution in [0.2, 0.25) is 18.6 Å². The molecule has 5 heterocycles. The molecule has 0 aliphatic carbocycles. The van der Waals surface area contributed by atoms with Crippen molar-refractivity contribution >= 4 is 19.9 Å². The molecule has 3 aromatic heterocycles. The third-order valence-electron chi connectivity index (χ3n) is 12.0. The zero-order valence-electron chi connectivity index (χ0n) is 34.1. The summed E-state index contributed by atoms with van der Waals surface area (Å²) < 4.78 is 22.5. The number of rotatable bonds is 13. The van der Waals surface area contributed by atoms with E-state index in [0.717, 1.165) is 11.1 Å². The largest absolute Gasteiger partial charge is 0.491 e. The summed E-state index contributed by atoms with van der Waals surface area (Å²) in [6.45, 7) is 6.12. The lowest BCUT2D eigenvalue weighted by Crippen LogP contribution is -2.46. The molecule has 0 radical (unpaired) electrons. The van der Waals surface area contributed by atoms with E-state index in [1.54, 1.807) is 52.3 Å². The van der Waals surface area contributed by atoms with Gasteiger partial charge < -0.3 is 29.0 Å². The summed E-state index contributed by atoms with van der Waals surface area (Å²) in [6.07, 6.45) is 5.01. The van der Waals surface area contributed by atoms with Gasteiger partial charge in [0.05, 0.1) is 50.8 Å². The van der Waals surface area contributed by atoms with E-state index in [-0.39, 0.29) is 53.1 Å². The van der Waals surface area contributed by atoms with Gasteiger partial charge in [0.1, 0.15) is 0 Å². The maximum Gasteiger partial charge on any atom is 0.297 e. The molecule has 1 spiro atoms. The number of aryl methyl sites for hydroxylation is 1. The lowest BCUT2D eigenvalue weighted by atomic mass is 9.82. The minimum Gasteiger partial charge on any atom is -0.491 e. The molecule has 1 saturated heterocycles. The summed E-state index contributed by atoms with van der Waals surface area (Å²) in [5.74, 6) is -0.731.